The molecule has 0 aromatic rings. The lowest BCUT2D eigenvalue weighted by Gasteiger charge is -2.46. The van der Waals surface area contributed by atoms with Crippen molar-refractivity contribution in [2.24, 2.45) is 23.7 Å². The van der Waals surface area contributed by atoms with E-state index in [-0.39, 0.29) is 5.54 Å². The second-order valence-corrected chi connectivity index (χ2v) is 14.7. The van der Waals surface area contributed by atoms with E-state index in [1.807, 2.05) is 0 Å². The lowest BCUT2D eigenvalue weighted by Crippen LogP contribution is -2.60. The highest BCUT2D eigenvalue weighted by Crippen LogP contribution is 2.61. The summed E-state index contributed by atoms with van der Waals surface area (Å²) < 4.78 is 0. The zero-order valence-electron chi connectivity index (χ0n) is 18.8. The van der Waals surface area contributed by atoms with Gasteiger partial charge in [0.15, 0.2) is 0 Å². The third-order valence-corrected chi connectivity index (χ3v) is 12.9. The van der Waals surface area contributed by atoms with Crippen LogP contribution in [0.4, 0.5) is 0 Å². The molecular weight excluding hydrogens is 318 g/mol. The Balaban J connectivity index is 2.57. The molecule has 2 rings (SSSR count). The molecule has 6 atom stereocenters. The molecule has 2 aliphatic carbocycles. The van der Waals surface area contributed by atoms with Crippen molar-refractivity contribution in [3.05, 3.63) is 22.3 Å². The Labute approximate surface area is 158 Å². The molecule has 0 amide bonds. The minimum Gasteiger partial charge on any atom is -0.332 e. The summed E-state index contributed by atoms with van der Waals surface area (Å²) in [6, 6.07) is 1.39. The summed E-state index contributed by atoms with van der Waals surface area (Å²) in [6.07, 6.45) is 1.30. The van der Waals surface area contributed by atoms with Gasteiger partial charge in [0.25, 0.3) is 0 Å². The molecule has 1 N–H and O–H groups in total. The largest absolute Gasteiger partial charge is 0.332 e. The zero-order chi connectivity index (χ0) is 19.3. The normalized spacial score (nSPS) is 35.9. The molecule has 2 heteroatoms. The zero-order valence-corrected chi connectivity index (χ0v) is 19.8. The molecule has 1 fully saturated rings. The fourth-order valence-electron chi connectivity index (χ4n) is 6.49. The first-order valence-electron chi connectivity index (χ1n) is 10.5. The highest BCUT2D eigenvalue weighted by molar-refractivity contribution is 6.78. The van der Waals surface area contributed by atoms with Crippen LogP contribution < -0.4 is 4.98 Å². The maximum atomic E-state index is 4.22. The summed E-state index contributed by atoms with van der Waals surface area (Å²) >= 11 is 0. The number of hydrogen-bond acceptors (Lipinski definition) is 1. The predicted octanol–water partition coefficient (Wildman–Crippen LogP) is 6.93. The maximum absolute atomic E-state index is 4.22. The molecular formula is C23H43NSi. The summed E-state index contributed by atoms with van der Waals surface area (Å²) in [7, 11) is -1.59. The van der Waals surface area contributed by atoms with Gasteiger partial charge in [-0.05, 0) is 94.9 Å². The molecule has 6 unspecified atom stereocenters. The topological polar surface area (TPSA) is 12.0 Å². The molecule has 0 radical (unpaired) electrons. The average Bonchev–Trinajstić information content (AvgIpc) is 2.74. The second kappa shape index (κ2) is 7.00. The Hall–Kier alpha value is -0.343. The maximum Gasteiger partial charge on any atom is 0.126 e. The third-order valence-electron chi connectivity index (χ3n) is 7.65. The van der Waals surface area contributed by atoms with Gasteiger partial charge in [0.1, 0.15) is 8.24 Å². The van der Waals surface area contributed by atoms with Gasteiger partial charge in [-0.3, -0.25) is 0 Å². The van der Waals surface area contributed by atoms with Crippen molar-refractivity contribution < 1.29 is 0 Å². The standard InChI is InChI=1S/C23H43NSi/c1-12-13-25(11,24-23(8,9)10)22-19(7)18(6)20-16(4)14(2)15(3)17(5)21(20)22/h18-22,24H,12-13H2,1-11H3. The van der Waals surface area contributed by atoms with Gasteiger partial charge < -0.3 is 4.98 Å². The van der Waals surface area contributed by atoms with Gasteiger partial charge in [-0.15, -0.1) is 0 Å². The van der Waals surface area contributed by atoms with Crippen molar-refractivity contribution in [3.63, 3.8) is 0 Å². The summed E-state index contributed by atoms with van der Waals surface area (Å²) in [4.78, 5) is 4.22. The first kappa shape index (κ1) is 21.0. The molecule has 0 aromatic heterocycles. The smallest absolute Gasteiger partial charge is 0.126 e. The van der Waals surface area contributed by atoms with E-state index in [0.29, 0.717) is 0 Å². The molecule has 1 saturated carbocycles. The Morgan fingerprint density at radius 1 is 0.880 bits per heavy atom. The number of rotatable bonds is 4. The van der Waals surface area contributed by atoms with E-state index in [9.17, 15) is 0 Å². The van der Waals surface area contributed by atoms with Gasteiger partial charge >= 0.3 is 0 Å². The van der Waals surface area contributed by atoms with Gasteiger partial charge in [0.05, 0.1) is 0 Å². The van der Waals surface area contributed by atoms with Gasteiger partial charge in [0, 0.05) is 5.54 Å². The highest BCUT2D eigenvalue weighted by atomic mass is 28.3. The van der Waals surface area contributed by atoms with Crippen LogP contribution in [0.25, 0.3) is 0 Å². The van der Waals surface area contributed by atoms with E-state index in [1.54, 1.807) is 22.3 Å². The fourth-order valence-corrected chi connectivity index (χ4v) is 12.6. The van der Waals surface area contributed by atoms with Crippen molar-refractivity contribution in [2.75, 3.05) is 0 Å². The van der Waals surface area contributed by atoms with Crippen LogP contribution in [0.2, 0.25) is 18.1 Å². The molecule has 2 aliphatic rings. The van der Waals surface area contributed by atoms with Crippen LogP contribution in [-0.2, 0) is 0 Å². The molecule has 0 spiro atoms. The SMILES string of the molecule is CCC[Si](C)(NC(C)(C)C)C1C(C)C(C)C2C(C)=C(C)C(C)=C(C)C21. The molecule has 1 nitrogen and oxygen atoms in total. The number of allylic oxidation sites excluding steroid dienone is 4. The first-order chi connectivity index (χ1) is 11.4. The molecule has 25 heavy (non-hydrogen) atoms. The summed E-state index contributed by atoms with van der Waals surface area (Å²) in [5.74, 6) is 3.11. The fraction of sp³-hybridized carbons (Fsp3) is 0.826. The van der Waals surface area contributed by atoms with Crippen LogP contribution >= 0.6 is 0 Å². The van der Waals surface area contributed by atoms with Crippen molar-refractivity contribution in [2.45, 2.75) is 99.3 Å². The summed E-state index contributed by atoms with van der Waals surface area (Å²) in [5, 5.41) is 0. The molecule has 0 heterocycles. The Bertz CT molecular complexity index is 579. The first-order valence-corrected chi connectivity index (χ1v) is 13.3. The predicted molar refractivity (Wildman–Crippen MR) is 115 cm³/mol. The molecule has 0 aliphatic heterocycles. The van der Waals surface area contributed by atoms with Gasteiger partial charge in [-0.2, -0.15) is 0 Å². The summed E-state index contributed by atoms with van der Waals surface area (Å²) in [5.41, 5.74) is 7.57. The van der Waals surface area contributed by atoms with E-state index in [0.717, 1.165) is 29.2 Å². The van der Waals surface area contributed by atoms with Crippen molar-refractivity contribution >= 4 is 8.24 Å². The van der Waals surface area contributed by atoms with E-state index >= 15 is 0 Å². The number of nitrogens with one attached hydrogen (secondary N) is 1. The van der Waals surface area contributed by atoms with Crippen molar-refractivity contribution in [3.8, 4) is 0 Å². The minimum atomic E-state index is -1.59. The monoisotopic (exact) mass is 361 g/mol. The van der Waals surface area contributed by atoms with Gasteiger partial charge in [-0.1, -0.05) is 44.9 Å². The van der Waals surface area contributed by atoms with Crippen LogP contribution in [0, 0.1) is 23.7 Å². The lowest BCUT2D eigenvalue weighted by molar-refractivity contribution is 0.370. The van der Waals surface area contributed by atoms with E-state index in [4.69, 9.17) is 0 Å². The molecule has 0 aromatic carbocycles. The van der Waals surface area contributed by atoms with E-state index in [2.05, 4.69) is 80.8 Å². The Morgan fingerprint density at radius 3 is 1.80 bits per heavy atom. The average molecular weight is 362 g/mol. The molecule has 0 bridgehead atoms. The van der Waals surface area contributed by atoms with Crippen molar-refractivity contribution in [1.82, 2.24) is 4.98 Å². The van der Waals surface area contributed by atoms with Crippen LogP contribution in [0.15, 0.2) is 22.3 Å². The van der Waals surface area contributed by atoms with Gasteiger partial charge in [-0.25, -0.2) is 0 Å². The third kappa shape index (κ3) is 3.58. The second-order valence-electron chi connectivity index (χ2n) is 10.5. The van der Waals surface area contributed by atoms with E-state index in [1.165, 1.54) is 12.5 Å². The van der Waals surface area contributed by atoms with Gasteiger partial charge in [0.2, 0.25) is 0 Å². The Morgan fingerprint density at radius 2 is 1.36 bits per heavy atom. The van der Waals surface area contributed by atoms with Crippen LogP contribution in [-0.4, -0.2) is 13.8 Å². The van der Waals surface area contributed by atoms with Crippen molar-refractivity contribution in [1.29, 1.82) is 0 Å². The van der Waals surface area contributed by atoms with Crippen LogP contribution in [0.1, 0.15) is 75.7 Å². The number of fused-ring (bicyclic) bond motifs is 1. The molecule has 0 saturated heterocycles. The molecule has 144 valence electrons. The van der Waals surface area contributed by atoms with Crippen LogP contribution in [0.3, 0.4) is 0 Å². The minimum absolute atomic E-state index is 0.208. The highest BCUT2D eigenvalue weighted by Gasteiger charge is 2.56. The van der Waals surface area contributed by atoms with E-state index < -0.39 is 8.24 Å². The lowest BCUT2D eigenvalue weighted by atomic mass is 9.72. The number of hydrogen-bond donors (Lipinski definition) is 1. The summed E-state index contributed by atoms with van der Waals surface area (Å²) in [6.45, 7) is 26.8. The van der Waals surface area contributed by atoms with Crippen LogP contribution in [0.5, 0.6) is 0 Å². The quantitative estimate of drug-likeness (QED) is 0.535. The Kier molecular flexibility index (Phi) is 5.87.